The Morgan fingerprint density at radius 2 is 2.19 bits per heavy atom. The smallest absolute Gasteiger partial charge is 0.338 e. The van der Waals surface area contributed by atoms with Crippen LogP contribution in [0.4, 0.5) is 0 Å². The van der Waals surface area contributed by atoms with E-state index >= 15 is 0 Å². The van der Waals surface area contributed by atoms with Crippen molar-refractivity contribution in [2.75, 3.05) is 13.4 Å². The van der Waals surface area contributed by atoms with E-state index in [-0.39, 0.29) is 13.4 Å². The average molecular weight is 289 g/mol. The maximum Gasteiger partial charge on any atom is 0.338 e. The predicted molar refractivity (Wildman–Crippen MR) is 56.3 cm³/mol. The second-order valence-electron chi connectivity index (χ2n) is 3.03. The first-order chi connectivity index (χ1) is 7.75. The lowest BCUT2D eigenvalue weighted by molar-refractivity contribution is -0.281. The van der Waals surface area contributed by atoms with Gasteiger partial charge in [0.1, 0.15) is 6.61 Å². The molecule has 1 saturated heterocycles. The van der Waals surface area contributed by atoms with Crippen molar-refractivity contribution in [3.8, 4) is 0 Å². The number of esters is 1. The Kier molecular flexibility index (Phi) is 3.89. The number of rotatable bonds is 3. The first-order valence-electron chi connectivity index (χ1n) is 4.58. The molecular formula is C10H9BrO5. The van der Waals surface area contributed by atoms with E-state index in [1.165, 1.54) is 0 Å². The summed E-state index contributed by atoms with van der Waals surface area (Å²) in [4.78, 5) is 20.7. The van der Waals surface area contributed by atoms with Crippen molar-refractivity contribution >= 4 is 21.9 Å². The van der Waals surface area contributed by atoms with Gasteiger partial charge in [0.2, 0.25) is 6.29 Å². The van der Waals surface area contributed by atoms with Crippen molar-refractivity contribution in [1.82, 2.24) is 0 Å². The van der Waals surface area contributed by atoms with Crippen LogP contribution in [0.25, 0.3) is 0 Å². The minimum absolute atomic E-state index is 0.00883. The lowest BCUT2D eigenvalue weighted by atomic mass is 10.2. The Balaban J connectivity index is 1.85. The second kappa shape index (κ2) is 5.40. The Morgan fingerprint density at radius 3 is 2.81 bits per heavy atom. The fourth-order valence-electron chi connectivity index (χ4n) is 1.12. The van der Waals surface area contributed by atoms with Gasteiger partial charge in [-0.1, -0.05) is 15.9 Å². The molecule has 1 aromatic carbocycles. The van der Waals surface area contributed by atoms with Gasteiger partial charge < -0.3 is 9.47 Å². The van der Waals surface area contributed by atoms with Gasteiger partial charge in [0.05, 0.1) is 5.56 Å². The summed E-state index contributed by atoms with van der Waals surface area (Å²) in [7, 11) is 0. The van der Waals surface area contributed by atoms with Crippen LogP contribution >= 0.6 is 15.9 Å². The zero-order chi connectivity index (χ0) is 11.4. The number of ether oxygens (including phenoxy) is 2. The van der Waals surface area contributed by atoms with Crippen LogP contribution in [0.5, 0.6) is 0 Å². The molecule has 5 nitrogen and oxygen atoms in total. The minimum Gasteiger partial charge on any atom is -0.457 e. The summed E-state index contributed by atoms with van der Waals surface area (Å²) in [6.07, 6.45) is -0.639. The number of carbonyl (C=O) groups excluding carboxylic acids is 1. The highest BCUT2D eigenvalue weighted by Crippen LogP contribution is 2.12. The molecule has 1 fully saturated rings. The lowest BCUT2D eigenvalue weighted by Gasteiger charge is -2.07. The molecule has 1 heterocycles. The topological polar surface area (TPSA) is 54.0 Å². The number of hydrogen-bond acceptors (Lipinski definition) is 5. The maximum absolute atomic E-state index is 11.5. The van der Waals surface area contributed by atoms with Crippen LogP contribution in [0.2, 0.25) is 0 Å². The van der Waals surface area contributed by atoms with Gasteiger partial charge in [-0.15, -0.1) is 0 Å². The molecule has 2 rings (SSSR count). The molecule has 0 saturated carbocycles. The van der Waals surface area contributed by atoms with E-state index in [9.17, 15) is 4.79 Å². The highest BCUT2D eigenvalue weighted by atomic mass is 79.9. The largest absolute Gasteiger partial charge is 0.457 e. The molecule has 6 heteroatoms. The third-order valence-corrected chi connectivity index (χ3v) is 2.44. The van der Waals surface area contributed by atoms with Gasteiger partial charge in [-0.2, -0.15) is 4.89 Å². The fraction of sp³-hybridized carbons (Fsp3) is 0.300. The molecule has 1 aliphatic rings. The predicted octanol–water partition coefficient (Wildman–Crippen LogP) is 1.87. The van der Waals surface area contributed by atoms with Gasteiger partial charge >= 0.3 is 5.97 Å². The quantitative estimate of drug-likeness (QED) is 0.628. The van der Waals surface area contributed by atoms with Gasteiger partial charge in [0, 0.05) is 4.47 Å². The summed E-state index contributed by atoms with van der Waals surface area (Å²) in [5.74, 6) is -0.424. The molecular weight excluding hydrogens is 280 g/mol. The summed E-state index contributed by atoms with van der Waals surface area (Å²) < 4.78 is 10.8. The summed E-state index contributed by atoms with van der Waals surface area (Å²) >= 11 is 3.28. The molecule has 0 N–H and O–H groups in total. The van der Waals surface area contributed by atoms with Gasteiger partial charge in [-0.25, -0.2) is 9.68 Å². The number of halogens is 1. The molecule has 0 spiro atoms. The standard InChI is InChI=1S/C10H9BrO5/c11-8-3-1-7(2-4-8)10(12)13-5-9-14-6-15-16-9/h1-4,9H,5-6H2. The molecule has 0 aliphatic carbocycles. The molecule has 1 aromatic rings. The molecule has 1 aliphatic heterocycles. The van der Waals surface area contributed by atoms with Crippen LogP contribution in [0.15, 0.2) is 28.7 Å². The number of carbonyl (C=O) groups is 1. The van der Waals surface area contributed by atoms with E-state index in [1.54, 1.807) is 24.3 Å². The first-order valence-corrected chi connectivity index (χ1v) is 5.37. The van der Waals surface area contributed by atoms with Crippen molar-refractivity contribution in [1.29, 1.82) is 0 Å². The van der Waals surface area contributed by atoms with Crippen LogP contribution in [-0.2, 0) is 19.2 Å². The van der Waals surface area contributed by atoms with Crippen LogP contribution in [-0.4, -0.2) is 25.7 Å². The van der Waals surface area contributed by atoms with E-state index in [0.717, 1.165) is 4.47 Å². The fourth-order valence-corrected chi connectivity index (χ4v) is 1.39. The summed E-state index contributed by atoms with van der Waals surface area (Å²) in [5.41, 5.74) is 0.474. The zero-order valence-electron chi connectivity index (χ0n) is 8.22. The highest BCUT2D eigenvalue weighted by molar-refractivity contribution is 9.10. The van der Waals surface area contributed by atoms with Gasteiger partial charge in [0.25, 0.3) is 0 Å². The third kappa shape index (κ3) is 3.02. The molecule has 0 amide bonds. The SMILES string of the molecule is O=C(OCC1OCOO1)c1ccc(Br)cc1. The minimum atomic E-state index is -0.639. The lowest BCUT2D eigenvalue weighted by Crippen LogP contribution is -2.19. The monoisotopic (exact) mass is 288 g/mol. The zero-order valence-corrected chi connectivity index (χ0v) is 9.81. The van der Waals surface area contributed by atoms with E-state index in [4.69, 9.17) is 9.47 Å². The van der Waals surface area contributed by atoms with Gasteiger partial charge in [-0.3, -0.25) is 0 Å². The Bertz CT molecular complexity index is 358. The normalized spacial score (nSPS) is 19.7. The Labute approximate surface area is 100 Å². The van der Waals surface area contributed by atoms with Crippen molar-refractivity contribution in [3.05, 3.63) is 34.3 Å². The Hall–Kier alpha value is -0.950. The van der Waals surface area contributed by atoms with Crippen LogP contribution in [0, 0.1) is 0 Å². The maximum atomic E-state index is 11.5. The van der Waals surface area contributed by atoms with E-state index in [0.29, 0.717) is 5.56 Å². The third-order valence-electron chi connectivity index (χ3n) is 1.91. The second-order valence-corrected chi connectivity index (χ2v) is 3.95. The number of hydrogen-bond donors (Lipinski definition) is 0. The summed E-state index contributed by atoms with van der Waals surface area (Å²) in [6.45, 7) is 0.0649. The van der Waals surface area contributed by atoms with E-state index < -0.39 is 12.3 Å². The average Bonchev–Trinajstić information content (AvgIpc) is 2.80. The van der Waals surface area contributed by atoms with Gasteiger partial charge in [-0.05, 0) is 24.3 Å². The Morgan fingerprint density at radius 1 is 1.44 bits per heavy atom. The molecule has 1 unspecified atom stereocenters. The first kappa shape index (κ1) is 11.5. The molecule has 0 aromatic heterocycles. The van der Waals surface area contributed by atoms with Crippen molar-refractivity contribution in [2.45, 2.75) is 6.29 Å². The summed E-state index contributed by atoms with van der Waals surface area (Å²) in [5, 5.41) is 0. The highest BCUT2D eigenvalue weighted by Gasteiger charge is 2.20. The molecule has 0 bridgehead atoms. The molecule has 86 valence electrons. The molecule has 16 heavy (non-hydrogen) atoms. The van der Waals surface area contributed by atoms with Crippen molar-refractivity contribution in [2.24, 2.45) is 0 Å². The van der Waals surface area contributed by atoms with Gasteiger partial charge in [0.15, 0.2) is 6.79 Å². The van der Waals surface area contributed by atoms with Crippen molar-refractivity contribution in [3.63, 3.8) is 0 Å². The number of benzene rings is 1. The molecule has 0 radical (unpaired) electrons. The summed E-state index contributed by atoms with van der Waals surface area (Å²) in [6, 6.07) is 6.86. The van der Waals surface area contributed by atoms with Crippen molar-refractivity contribution < 1.29 is 24.0 Å². The molecule has 1 atom stereocenters. The van der Waals surface area contributed by atoms with Crippen LogP contribution in [0.3, 0.4) is 0 Å². The van der Waals surface area contributed by atoms with E-state index in [1.807, 2.05) is 0 Å². The van der Waals surface area contributed by atoms with Crippen LogP contribution in [0.1, 0.15) is 10.4 Å². The van der Waals surface area contributed by atoms with E-state index in [2.05, 4.69) is 25.7 Å². The van der Waals surface area contributed by atoms with Crippen LogP contribution < -0.4 is 0 Å².